The molecule has 1 aromatic rings. The first-order valence-corrected chi connectivity index (χ1v) is 8.12. The number of nitrogens with zero attached hydrogens (tertiary/aromatic N) is 1. The highest BCUT2D eigenvalue weighted by Gasteiger charge is 2.10. The van der Waals surface area contributed by atoms with E-state index in [2.05, 4.69) is 59.8 Å². The SMILES string of the molecule is C/C=C(\c1ccc(CCC(C)CCC)c(C)n1)C(C)C. The Hall–Kier alpha value is -1.11. The van der Waals surface area contributed by atoms with Gasteiger partial charge in [-0.25, -0.2) is 0 Å². The highest BCUT2D eigenvalue weighted by Crippen LogP contribution is 2.23. The Bertz CT molecular complexity index is 443. The summed E-state index contributed by atoms with van der Waals surface area (Å²) in [7, 11) is 0. The fourth-order valence-corrected chi connectivity index (χ4v) is 2.83. The number of hydrogen-bond donors (Lipinski definition) is 0. The largest absolute Gasteiger partial charge is 0.253 e. The Morgan fingerprint density at radius 3 is 2.40 bits per heavy atom. The molecule has 0 amide bonds. The molecule has 0 saturated heterocycles. The van der Waals surface area contributed by atoms with Crippen molar-refractivity contribution in [3.05, 3.63) is 35.2 Å². The molecule has 0 aliphatic heterocycles. The lowest BCUT2D eigenvalue weighted by atomic mass is 9.95. The van der Waals surface area contributed by atoms with E-state index >= 15 is 0 Å². The van der Waals surface area contributed by atoms with E-state index < -0.39 is 0 Å². The Kier molecular flexibility index (Phi) is 6.98. The second-order valence-electron chi connectivity index (χ2n) is 6.27. The minimum absolute atomic E-state index is 0.530. The summed E-state index contributed by atoms with van der Waals surface area (Å²) >= 11 is 0. The van der Waals surface area contributed by atoms with Gasteiger partial charge in [0.1, 0.15) is 0 Å². The second-order valence-corrected chi connectivity index (χ2v) is 6.27. The summed E-state index contributed by atoms with van der Waals surface area (Å²) < 4.78 is 0. The van der Waals surface area contributed by atoms with E-state index in [1.165, 1.54) is 36.1 Å². The molecule has 1 rings (SSSR count). The van der Waals surface area contributed by atoms with Crippen LogP contribution in [0.5, 0.6) is 0 Å². The molecule has 1 atom stereocenters. The van der Waals surface area contributed by atoms with Gasteiger partial charge in [0.15, 0.2) is 0 Å². The molecule has 1 nitrogen and oxygen atoms in total. The van der Waals surface area contributed by atoms with Crippen molar-refractivity contribution in [1.82, 2.24) is 4.98 Å². The molecule has 0 N–H and O–H groups in total. The van der Waals surface area contributed by atoms with Crippen LogP contribution in [0.15, 0.2) is 18.2 Å². The fourth-order valence-electron chi connectivity index (χ4n) is 2.83. The van der Waals surface area contributed by atoms with E-state index in [0.717, 1.165) is 18.0 Å². The first kappa shape index (κ1) is 16.9. The maximum absolute atomic E-state index is 4.82. The average Bonchev–Trinajstić information content (AvgIpc) is 2.38. The molecule has 0 aromatic carbocycles. The molecule has 20 heavy (non-hydrogen) atoms. The molecular weight excluding hydrogens is 242 g/mol. The zero-order chi connectivity index (χ0) is 15.1. The van der Waals surface area contributed by atoms with Crippen LogP contribution in [0.1, 0.15) is 70.8 Å². The third-order valence-corrected chi connectivity index (χ3v) is 4.11. The lowest BCUT2D eigenvalue weighted by Gasteiger charge is -2.14. The van der Waals surface area contributed by atoms with Crippen LogP contribution in [0.3, 0.4) is 0 Å². The molecule has 1 aromatic heterocycles. The minimum Gasteiger partial charge on any atom is -0.253 e. The summed E-state index contributed by atoms with van der Waals surface area (Å²) in [6, 6.07) is 4.48. The van der Waals surface area contributed by atoms with E-state index in [4.69, 9.17) is 4.98 Å². The minimum atomic E-state index is 0.530. The van der Waals surface area contributed by atoms with Crippen molar-refractivity contribution < 1.29 is 0 Å². The number of aromatic nitrogens is 1. The first-order valence-electron chi connectivity index (χ1n) is 8.12. The molecule has 0 aliphatic carbocycles. The lowest BCUT2D eigenvalue weighted by molar-refractivity contribution is 0.485. The second kappa shape index (κ2) is 8.24. The van der Waals surface area contributed by atoms with Gasteiger partial charge >= 0.3 is 0 Å². The molecule has 1 heteroatoms. The van der Waals surface area contributed by atoms with Crippen molar-refractivity contribution in [2.75, 3.05) is 0 Å². The molecule has 0 saturated carbocycles. The van der Waals surface area contributed by atoms with Crippen LogP contribution in [-0.2, 0) is 6.42 Å². The smallest absolute Gasteiger partial charge is 0.0664 e. The highest BCUT2D eigenvalue weighted by molar-refractivity contribution is 5.64. The predicted octanol–water partition coefficient (Wildman–Crippen LogP) is 5.82. The zero-order valence-electron chi connectivity index (χ0n) is 14.2. The Morgan fingerprint density at radius 2 is 1.90 bits per heavy atom. The van der Waals surface area contributed by atoms with Gasteiger partial charge < -0.3 is 0 Å². The quantitative estimate of drug-likeness (QED) is 0.610. The molecule has 0 aliphatic rings. The third kappa shape index (κ3) is 4.77. The Morgan fingerprint density at radius 1 is 1.20 bits per heavy atom. The van der Waals surface area contributed by atoms with Crippen LogP contribution >= 0.6 is 0 Å². The van der Waals surface area contributed by atoms with Crippen molar-refractivity contribution >= 4 is 5.57 Å². The van der Waals surface area contributed by atoms with Gasteiger partial charge in [-0.15, -0.1) is 0 Å². The maximum atomic E-state index is 4.82. The molecule has 0 spiro atoms. The Balaban J connectivity index is 2.78. The molecule has 1 heterocycles. The average molecular weight is 273 g/mol. The van der Waals surface area contributed by atoms with Crippen molar-refractivity contribution in [3.8, 4) is 0 Å². The van der Waals surface area contributed by atoms with Crippen LogP contribution in [0.25, 0.3) is 5.57 Å². The number of hydrogen-bond acceptors (Lipinski definition) is 1. The maximum Gasteiger partial charge on any atom is 0.0664 e. The summed E-state index contributed by atoms with van der Waals surface area (Å²) in [4.78, 5) is 4.82. The van der Waals surface area contributed by atoms with E-state index in [1.54, 1.807) is 0 Å². The molecular formula is C19H31N. The van der Waals surface area contributed by atoms with E-state index in [1.807, 2.05) is 0 Å². The standard InChI is InChI=1S/C19H31N/c1-7-9-15(5)10-11-17-12-13-19(20-16(17)6)18(8-2)14(3)4/h8,12-15H,7,9-11H2,1-6H3/b18-8-. The number of pyridine rings is 1. The number of aryl methyl sites for hydroxylation is 2. The van der Waals surface area contributed by atoms with Crippen LogP contribution in [-0.4, -0.2) is 4.98 Å². The highest BCUT2D eigenvalue weighted by atomic mass is 14.7. The Labute approximate surface area is 125 Å². The van der Waals surface area contributed by atoms with Crippen molar-refractivity contribution in [1.29, 1.82) is 0 Å². The predicted molar refractivity (Wildman–Crippen MR) is 89.9 cm³/mol. The zero-order valence-corrected chi connectivity index (χ0v) is 14.2. The number of allylic oxidation sites excluding steroid dienone is 2. The van der Waals surface area contributed by atoms with Gasteiger partial charge in [-0.2, -0.15) is 0 Å². The van der Waals surface area contributed by atoms with Crippen LogP contribution in [0.4, 0.5) is 0 Å². The van der Waals surface area contributed by atoms with Gasteiger partial charge in [-0.3, -0.25) is 4.98 Å². The van der Waals surface area contributed by atoms with Gasteiger partial charge in [0.05, 0.1) is 5.69 Å². The lowest BCUT2D eigenvalue weighted by Crippen LogP contribution is -2.03. The monoisotopic (exact) mass is 273 g/mol. The summed E-state index contributed by atoms with van der Waals surface area (Å²) in [6.45, 7) is 13.3. The van der Waals surface area contributed by atoms with E-state index in [0.29, 0.717) is 5.92 Å². The van der Waals surface area contributed by atoms with E-state index in [-0.39, 0.29) is 0 Å². The fraction of sp³-hybridized carbons (Fsp3) is 0.632. The normalized spacial score (nSPS) is 13.8. The topological polar surface area (TPSA) is 12.9 Å². The van der Waals surface area contributed by atoms with Crippen LogP contribution in [0, 0.1) is 18.8 Å². The van der Waals surface area contributed by atoms with Crippen LogP contribution in [0.2, 0.25) is 0 Å². The van der Waals surface area contributed by atoms with Crippen molar-refractivity contribution in [2.45, 2.75) is 67.2 Å². The summed E-state index contributed by atoms with van der Waals surface area (Å²) in [6.07, 6.45) is 7.25. The molecule has 112 valence electrons. The summed E-state index contributed by atoms with van der Waals surface area (Å²) in [5.41, 5.74) is 5.10. The van der Waals surface area contributed by atoms with Gasteiger partial charge in [-0.05, 0) is 55.7 Å². The first-order chi connectivity index (χ1) is 9.49. The van der Waals surface area contributed by atoms with Gasteiger partial charge in [0, 0.05) is 5.69 Å². The molecule has 0 fully saturated rings. The molecule has 1 unspecified atom stereocenters. The van der Waals surface area contributed by atoms with E-state index in [9.17, 15) is 0 Å². The van der Waals surface area contributed by atoms with Crippen LogP contribution < -0.4 is 0 Å². The molecule has 0 bridgehead atoms. The summed E-state index contributed by atoms with van der Waals surface area (Å²) in [5.74, 6) is 1.35. The van der Waals surface area contributed by atoms with Crippen molar-refractivity contribution in [3.63, 3.8) is 0 Å². The van der Waals surface area contributed by atoms with Gasteiger partial charge in [-0.1, -0.05) is 52.7 Å². The van der Waals surface area contributed by atoms with Gasteiger partial charge in [0.2, 0.25) is 0 Å². The summed E-state index contributed by atoms with van der Waals surface area (Å²) in [5, 5.41) is 0. The third-order valence-electron chi connectivity index (χ3n) is 4.11. The van der Waals surface area contributed by atoms with Gasteiger partial charge in [0.25, 0.3) is 0 Å². The van der Waals surface area contributed by atoms with Crippen molar-refractivity contribution in [2.24, 2.45) is 11.8 Å². The molecule has 0 radical (unpaired) electrons. The number of rotatable bonds is 7.